The lowest BCUT2D eigenvalue weighted by Crippen LogP contribution is -2.11. The normalized spacial score (nSPS) is 11.1. The molecule has 0 saturated heterocycles. The third-order valence-electron chi connectivity index (χ3n) is 2.22. The number of fused-ring (bicyclic) bond motifs is 1. The number of esters is 1. The third-order valence-corrected chi connectivity index (χ3v) is 2.95. The number of H-pyrrole nitrogens is 1. The summed E-state index contributed by atoms with van der Waals surface area (Å²) in [6, 6.07) is 5.09. The first-order valence-corrected chi connectivity index (χ1v) is 5.91. The number of halogens is 2. The van der Waals surface area contributed by atoms with Crippen LogP contribution in [0, 0.1) is 0 Å². The number of nitrogens with one attached hydrogen (secondary N) is 1. The average Bonchev–Trinajstić information content (AvgIpc) is 2.60. The van der Waals surface area contributed by atoms with E-state index in [0.29, 0.717) is 15.7 Å². The number of ether oxygens (including phenoxy) is 1. The van der Waals surface area contributed by atoms with Gasteiger partial charge in [0.2, 0.25) is 0 Å². The van der Waals surface area contributed by atoms with Crippen molar-refractivity contribution >= 4 is 40.1 Å². The first kappa shape index (κ1) is 12.3. The molecule has 0 aliphatic heterocycles. The molecule has 3 nitrogen and oxygen atoms in total. The number of carbonyl (C=O) groups excluding carboxylic acids is 1. The topological polar surface area (TPSA) is 42.1 Å². The summed E-state index contributed by atoms with van der Waals surface area (Å²) in [4.78, 5) is 14.6. The molecule has 0 amide bonds. The summed E-state index contributed by atoms with van der Waals surface area (Å²) in [5.41, 5.74) is 1.15. The van der Waals surface area contributed by atoms with E-state index in [0.717, 1.165) is 10.9 Å². The van der Waals surface area contributed by atoms with Crippen molar-refractivity contribution < 1.29 is 9.53 Å². The van der Waals surface area contributed by atoms with Crippen LogP contribution >= 0.6 is 23.2 Å². The number of aromatic nitrogens is 1. The molecule has 1 aromatic heterocycles. The van der Waals surface area contributed by atoms with Crippen LogP contribution in [0.25, 0.3) is 10.9 Å². The summed E-state index contributed by atoms with van der Waals surface area (Å²) in [5.74, 6) is -0.386. The fraction of sp³-hybridized carbons (Fsp3) is 0.250. The van der Waals surface area contributed by atoms with E-state index >= 15 is 0 Å². The van der Waals surface area contributed by atoms with E-state index in [-0.39, 0.29) is 12.1 Å². The highest BCUT2D eigenvalue weighted by atomic mass is 35.5. The molecule has 90 valence electrons. The molecule has 0 saturated carbocycles. The molecule has 0 atom stereocenters. The standard InChI is InChI=1S/C12H11Cl2NO2/c1-6(2)17-12(16)11-4-7-3-8(13)9(14)5-10(7)15-11/h3-6,15H,1-2H3. The predicted molar refractivity (Wildman–Crippen MR) is 68.9 cm³/mol. The molecule has 0 spiro atoms. The molecule has 0 bridgehead atoms. The molecule has 5 heteroatoms. The number of aromatic amines is 1. The van der Waals surface area contributed by atoms with Gasteiger partial charge in [-0.25, -0.2) is 4.79 Å². The fourth-order valence-electron chi connectivity index (χ4n) is 1.51. The fourth-order valence-corrected chi connectivity index (χ4v) is 1.85. The smallest absolute Gasteiger partial charge is 0.355 e. The lowest BCUT2D eigenvalue weighted by Gasteiger charge is -2.05. The minimum Gasteiger partial charge on any atom is -0.458 e. The highest BCUT2D eigenvalue weighted by Crippen LogP contribution is 2.28. The second kappa shape index (κ2) is 4.59. The molecule has 2 rings (SSSR count). The summed E-state index contributed by atoms with van der Waals surface area (Å²) in [6.07, 6.45) is -0.152. The summed E-state index contributed by atoms with van der Waals surface area (Å²) in [7, 11) is 0. The van der Waals surface area contributed by atoms with Crippen molar-refractivity contribution in [3.8, 4) is 0 Å². The van der Waals surface area contributed by atoms with Crippen LogP contribution in [0.15, 0.2) is 18.2 Å². The Balaban J connectivity index is 2.41. The Labute approximate surface area is 109 Å². The Morgan fingerprint density at radius 3 is 2.53 bits per heavy atom. The Morgan fingerprint density at radius 1 is 1.24 bits per heavy atom. The molecule has 2 aromatic rings. The Morgan fingerprint density at radius 2 is 1.88 bits per heavy atom. The molecule has 0 radical (unpaired) electrons. The summed E-state index contributed by atoms with van der Waals surface area (Å²) >= 11 is 11.8. The highest BCUT2D eigenvalue weighted by molar-refractivity contribution is 6.42. The van der Waals surface area contributed by atoms with E-state index in [1.165, 1.54) is 0 Å². The van der Waals surface area contributed by atoms with Crippen LogP contribution < -0.4 is 0 Å². The molecule has 1 heterocycles. The number of rotatable bonds is 2. The van der Waals surface area contributed by atoms with E-state index in [1.54, 1.807) is 32.0 Å². The van der Waals surface area contributed by atoms with Crippen molar-refractivity contribution in [1.29, 1.82) is 0 Å². The van der Waals surface area contributed by atoms with Crippen LogP contribution in [0.2, 0.25) is 10.0 Å². The average molecular weight is 272 g/mol. The maximum atomic E-state index is 11.7. The van der Waals surface area contributed by atoms with E-state index in [1.807, 2.05) is 0 Å². The van der Waals surface area contributed by atoms with Crippen LogP contribution in [0.3, 0.4) is 0 Å². The SMILES string of the molecule is CC(C)OC(=O)c1cc2cc(Cl)c(Cl)cc2[nH]1. The minimum atomic E-state index is -0.386. The van der Waals surface area contributed by atoms with Gasteiger partial charge in [-0.3, -0.25) is 0 Å². The molecule has 17 heavy (non-hydrogen) atoms. The summed E-state index contributed by atoms with van der Waals surface area (Å²) < 4.78 is 5.09. The van der Waals surface area contributed by atoms with Gasteiger partial charge in [-0.2, -0.15) is 0 Å². The predicted octanol–water partition coefficient (Wildman–Crippen LogP) is 4.04. The van der Waals surface area contributed by atoms with Gasteiger partial charge in [0, 0.05) is 10.9 Å². The van der Waals surface area contributed by atoms with Crippen molar-refractivity contribution in [3.63, 3.8) is 0 Å². The zero-order valence-corrected chi connectivity index (χ0v) is 10.9. The summed E-state index contributed by atoms with van der Waals surface area (Å²) in [5, 5.41) is 1.74. The van der Waals surface area contributed by atoms with Crippen molar-refractivity contribution in [2.45, 2.75) is 20.0 Å². The molecule has 0 aliphatic carbocycles. The molecule has 0 unspecified atom stereocenters. The number of hydrogen-bond donors (Lipinski definition) is 1. The van der Waals surface area contributed by atoms with Crippen LogP contribution in [-0.4, -0.2) is 17.1 Å². The van der Waals surface area contributed by atoms with Crippen LogP contribution in [-0.2, 0) is 4.74 Å². The quantitative estimate of drug-likeness (QED) is 0.838. The summed E-state index contributed by atoms with van der Waals surface area (Å²) in [6.45, 7) is 3.60. The second-order valence-electron chi connectivity index (χ2n) is 3.99. The number of benzene rings is 1. The monoisotopic (exact) mass is 271 g/mol. The van der Waals surface area contributed by atoms with E-state index in [2.05, 4.69) is 4.98 Å². The van der Waals surface area contributed by atoms with Gasteiger partial charge in [0.25, 0.3) is 0 Å². The third kappa shape index (κ3) is 2.56. The Bertz CT molecular complexity index is 536. The van der Waals surface area contributed by atoms with Crippen molar-refractivity contribution in [3.05, 3.63) is 33.9 Å². The van der Waals surface area contributed by atoms with Gasteiger partial charge in [0.15, 0.2) is 0 Å². The van der Waals surface area contributed by atoms with Gasteiger partial charge in [0.1, 0.15) is 5.69 Å². The van der Waals surface area contributed by atoms with Crippen molar-refractivity contribution in [1.82, 2.24) is 4.98 Å². The van der Waals surface area contributed by atoms with Gasteiger partial charge < -0.3 is 9.72 Å². The van der Waals surface area contributed by atoms with Gasteiger partial charge in [-0.1, -0.05) is 23.2 Å². The number of carbonyl (C=O) groups is 1. The van der Waals surface area contributed by atoms with Gasteiger partial charge in [-0.05, 0) is 32.0 Å². The van der Waals surface area contributed by atoms with Gasteiger partial charge in [0.05, 0.1) is 16.1 Å². The lowest BCUT2D eigenvalue weighted by molar-refractivity contribution is 0.0372. The molecular weight excluding hydrogens is 261 g/mol. The number of hydrogen-bond acceptors (Lipinski definition) is 2. The second-order valence-corrected chi connectivity index (χ2v) is 4.81. The van der Waals surface area contributed by atoms with Crippen LogP contribution in [0.4, 0.5) is 0 Å². The van der Waals surface area contributed by atoms with Crippen LogP contribution in [0.1, 0.15) is 24.3 Å². The maximum absolute atomic E-state index is 11.7. The largest absolute Gasteiger partial charge is 0.458 e. The van der Waals surface area contributed by atoms with Crippen molar-refractivity contribution in [2.24, 2.45) is 0 Å². The first-order valence-electron chi connectivity index (χ1n) is 5.16. The molecule has 0 fully saturated rings. The van der Waals surface area contributed by atoms with Crippen LogP contribution in [0.5, 0.6) is 0 Å². The zero-order valence-electron chi connectivity index (χ0n) is 9.38. The van der Waals surface area contributed by atoms with E-state index < -0.39 is 0 Å². The van der Waals surface area contributed by atoms with Gasteiger partial charge >= 0.3 is 5.97 Å². The first-order chi connectivity index (χ1) is 7.97. The minimum absolute atomic E-state index is 0.152. The lowest BCUT2D eigenvalue weighted by atomic mass is 10.2. The Hall–Kier alpha value is -1.19. The zero-order chi connectivity index (χ0) is 12.6. The molecule has 0 aliphatic rings. The van der Waals surface area contributed by atoms with E-state index in [9.17, 15) is 4.79 Å². The highest BCUT2D eigenvalue weighted by Gasteiger charge is 2.13. The van der Waals surface area contributed by atoms with Crippen molar-refractivity contribution in [2.75, 3.05) is 0 Å². The molecule has 1 N–H and O–H groups in total. The van der Waals surface area contributed by atoms with Gasteiger partial charge in [-0.15, -0.1) is 0 Å². The Kier molecular flexibility index (Phi) is 3.31. The van der Waals surface area contributed by atoms with E-state index in [4.69, 9.17) is 27.9 Å². The maximum Gasteiger partial charge on any atom is 0.355 e. The molecular formula is C12H11Cl2NO2. The molecule has 1 aromatic carbocycles.